The maximum Gasteiger partial charge on any atom is 0.183 e. The van der Waals surface area contributed by atoms with Crippen LogP contribution < -0.4 is 10.6 Å². The number of sulfone groups is 1. The fourth-order valence-corrected chi connectivity index (χ4v) is 5.82. The largest absolute Gasteiger partial charge is 0.361 e. The molecule has 6 nitrogen and oxygen atoms in total. The van der Waals surface area contributed by atoms with Gasteiger partial charge in [0.1, 0.15) is 0 Å². The van der Waals surface area contributed by atoms with Gasteiger partial charge in [-0.25, -0.2) is 13.4 Å². The third-order valence-electron chi connectivity index (χ3n) is 4.87. The maximum atomic E-state index is 11.7. The van der Waals surface area contributed by atoms with E-state index in [9.17, 15) is 8.42 Å². The lowest BCUT2D eigenvalue weighted by Gasteiger charge is -2.07. The van der Waals surface area contributed by atoms with E-state index >= 15 is 0 Å². The van der Waals surface area contributed by atoms with Crippen molar-refractivity contribution in [3.05, 3.63) is 48.0 Å². The number of thioether (sulfide) groups is 1. The molecule has 0 aliphatic carbocycles. The summed E-state index contributed by atoms with van der Waals surface area (Å²) >= 11 is 3.25. The van der Waals surface area contributed by atoms with E-state index in [0.29, 0.717) is 10.9 Å². The first-order valence-corrected chi connectivity index (χ1v) is 13.5. The smallest absolute Gasteiger partial charge is 0.183 e. The van der Waals surface area contributed by atoms with Crippen molar-refractivity contribution >= 4 is 59.1 Å². The predicted octanol–water partition coefficient (Wildman–Crippen LogP) is 4.65. The molecule has 1 aromatic heterocycles. The van der Waals surface area contributed by atoms with Gasteiger partial charge in [-0.1, -0.05) is 42.2 Å². The summed E-state index contributed by atoms with van der Waals surface area (Å²) < 4.78 is 24.3. The Hall–Kier alpha value is -2.10. The first-order valence-electron chi connectivity index (χ1n) is 9.82. The van der Waals surface area contributed by atoms with Crippen molar-refractivity contribution in [2.45, 2.75) is 30.7 Å². The summed E-state index contributed by atoms with van der Waals surface area (Å²) in [5, 5.41) is 8.54. The summed E-state index contributed by atoms with van der Waals surface area (Å²) in [5.74, 6) is 1.06. The highest BCUT2D eigenvalue weighted by molar-refractivity contribution is 8.14. The maximum absolute atomic E-state index is 11.7. The molecule has 0 saturated heterocycles. The molecule has 0 spiro atoms. The van der Waals surface area contributed by atoms with Crippen molar-refractivity contribution in [1.82, 2.24) is 4.98 Å². The minimum atomic E-state index is -3.21. The summed E-state index contributed by atoms with van der Waals surface area (Å²) in [4.78, 5) is 9.53. The fourth-order valence-electron chi connectivity index (χ4n) is 3.10. The number of thiazole rings is 1. The lowest BCUT2D eigenvalue weighted by molar-refractivity contribution is 0.602. The molecule has 158 valence electrons. The molecule has 1 aliphatic heterocycles. The van der Waals surface area contributed by atoms with Gasteiger partial charge in [-0.2, -0.15) is 0 Å². The Kier molecular flexibility index (Phi) is 6.31. The average Bonchev–Trinajstić information content (AvgIpc) is 3.34. The van der Waals surface area contributed by atoms with E-state index in [1.165, 1.54) is 23.2 Å². The summed E-state index contributed by atoms with van der Waals surface area (Å²) in [7, 11) is -3.21. The zero-order chi connectivity index (χ0) is 21.1. The van der Waals surface area contributed by atoms with Crippen LogP contribution in [0.5, 0.6) is 0 Å². The number of benzene rings is 2. The average molecular weight is 461 g/mol. The van der Waals surface area contributed by atoms with Crippen LogP contribution in [0.25, 0.3) is 10.2 Å². The van der Waals surface area contributed by atoms with Gasteiger partial charge < -0.3 is 10.6 Å². The van der Waals surface area contributed by atoms with Crippen LogP contribution in [0.4, 0.5) is 10.8 Å². The second kappa shape index (κ2) is 8.95. The third-order valence-corrected chi connectivity index (χ3v) is 7.99. The van der Waals surface area contributed by atoms with Crippen LogP contribution in [0.3, 0.4) is 0 Å². The van der Waals surface area contributed by atoms with Crippen LogP contribution >= 0.6 is 23.1 Å². The molecule has 2 aromatic carbocycles. The number of hydrogen-bond donors (Lipinski definition) is 2. The molecule has 0 fully saturated rings. The van der Waals surface area contributed by atoms with Crippen LogP contribution in [0, 0.1) is 0 Å². The van der Waals surface area contributed by atoms with Crippen molar-refractivity contribution in [3.8, 4) is 0 Å². The van der Waals surface area contributed by atoms with E-state index in [4.69, 9.17) is 0 Å². The molecule has 0 bridgehead atoms. The van der Waals surface area contributed by atoms with Crippen LogP contribution in [0.2, 0.25) is 0 Å². The van der Waals surface area contributed by atoms with Crippen molar-refractivity contribution in [3.63, 3.8) is 0 Å². The lowest BCUT2D eigenvalue weighted by atomic mass is 10.1. The van der Waals surface area contributed by atoms with Gasteiger partial charge in [0.15, 0.2) is 20.1 Å². The van der Waals surface area contributed by atoms with Crippen molar-refractivity contribution < 1.29 is 8.42 Å². The molecular formula is C21H24N4O2S3. The highest BCUT2D eigenvalue weighted by atomic mass is 32.2. The topological polar surface area (TPSA) is 83.5 Å². The van der Waals surface area contributed by atoms with Gasteiger partial charge in [0.05, 0.1) is 21.2 Å². The van der Waals surface area contributed by atoms with E-state index < -0.39 is 9.84 Å². The number of hydrogen-bond acceptors (Lipinski definition) is 8. The molecule has 1 atom stereocenters. The van der Waals surface area contributed by atoms with Crippen molar-refractivity contribution in [1.29, 1.82) is 0 Å². The number of nitrogens with one attached hydrogen (secondary N) is 2. The van der Waals surface area contributed by atoms with Gasteiger partial charge >= 0.3 is 0 Å². The number of rotatable bonds is 7. The molecule has 4 rings (SSSR count). The minimum Gasteiger partial charge on any atom is -0.361 e. The first-order chi connectivity index (χ1) is 14.4. The lowest BCUT2D eigenvalue weighted by Crippen LogP contribution is -2.06. The number of amidine groups is 1. The summed E-state index contributed by atoms with van der Waals surface area (Å²) in [5.41, 5.74) is 3.10. The van der Waals surface area contributed by atoms with Gasteiger partial charge in [0, 0.05) is 24.2 Å². The Morgan fingerprint density at radius 1 is 1.17 bits per heavy atom. The Labute approximate surface area is 185 Å². The molecule has 0 radical (unpaired) electrons. The third kappa shape index (κ3) is 5.14. The summed E-state index contributed by atoms with van der Waals surface area (Å²) in [6.45, 7) is 2.92. The van der Waals surface area contributed by atoms with Crippen LogP contribution in [-0.2, 0) is 16.3 Å². The van der Waals surface area contributed by atoms with Gasteiger partial charge in [-0.3, -0.25) is 4.99 Å². The van der Waals surface area contributed by atoms with Crippen LogP contribution in [0.15, 0.2) is 52.4 Å². The zero-order valence-electron chi connectivity index (χ0n) is 16.9. The standard InChI is InChI=1S/C21H24N4O2S3/c1-3-15-13-28-21(23-15)24-16-6-4-14(5-7-16)10-11-22-20-25-18-9-8-17(30(2,26)27)12-19(18)29-20/h4-9,12,15H,3,10-11,13H2,1-2H3,(H,22,25)(H,23,24). The van der Waals surface area contributed by atoms with E-state index in [1.807, 2.05) is 0 Å². The van der Waals surface area contributed by atoms with Gasteiger partial charge in [-0.15, -0.1) is 0 Å². The molecule has 1 unspecified atom stereocenters. The Morgan fingerprint density at radius 2 is 1.97 bits per heavy atom. The van der Waals surface area contributed by atoms with Crippen molar-refractivity contribution in [2.24, 2.45) is 4.99 Å². The highest BCUT2D eigenvalue weighted by Crippen LogP contribution is 2.28. The Bertz CT molecular complexity index is 1170. The second-order valence-electron chi connectivity index (χ2n) is 7.23. The van der Waals surface area contributed by atoms with Gasteiger partial charge in [-0.05, 0) is 48.7 Å². The summed E-state index contributed by atoms with van der Waals surface area (Å²) in [6, 6.07) is 13.9. The number of nitrogens with zero attached hydrogens (tertiary/aromatic N) is 2. The van der Waals surface area contributed by atoms with Crippen molar-refractivity contribution in [2.75, 3.05) is 29.2 Å². The second-order valence-corrected chi connectivity index (χ2v) is 11.3. The first kappa shape index (κ1) is 21.1. The highest BCUT2D eigenvalue weighted by Gasteiger charge is 2.16. The van der Waals surface area contributed by atoms with Crippen LogP contribution in [0.1, 0.15) is 18.9 Å². The number of aliphatic imine (C=N–C) groups is 1. The van der Waals surface area contributed by atoms with Gasteiger partial charge in [0.25, 0.3) is 0 Å². The molecule has 2 N–H and O–H groups in total. The molecule has 0 saturated carbocycles. The molecule has 30 heavy (non-hydrogen) atoms. The molecule has 0 amide bonds. The molecular weight excluding hydrogens is 436 g/mol. The minimum absolute atomic E-state index is 0.325. The fraction of sp³-hybridized carbons (Fsp3) is 0.333. The van der Waals surface area contributed by atoms with Crippen LogP contribution in [-0.4, -0.2) is 43.2 Å². The number of anilines is 2. The molecule has 9 heteroatoms. The van der Waals surface area contributed by atoms with E-state index in [1.54, 1.807) is 30.0 Å². The predicted molar refractivity (Wildman–Crippen MR) is 129 cm³/mol. The molecule has 1 aliphatic rings. The van der Waals surface area contributed by atoms with Gasteiger partial charge in [0.2, 0.25) is 0 Å². The molecule has 3 aromatic rings. The van der Waals surface area contributed by atoms with E-state index in [-0.39, 0.29) is 0 Å². The van der Waals surface area contributed by atoms with E-state index in [2.05, 4.69) is 51.8 Å². The number of aromatic nitrogens is 1. The Morgan fingerprint density at radius 3 is 2.67 bits per heavy atom. The Balaban J connectivity index is 1.32. The summed E-state index contributed by atoms with van der Waals surface area (Å²) in [6.07, 6.45) is 3.17. The number of fused-ring (bicyclic) bond motifs is 1. The normalized spacial score (nSPS) is 16.6. The molecule has 2 heterocycles. The monoisotopic (exact) mass is 460 g/mol. The zero-order valence-corrected chi connectivity index (χ0v) is 19.3. The SMILES string of the molecule is CCC1CSC(Nc2ccc(CCNc3nc4ccc(S(C)(=O)=O)cc4s3)cc2)=N1. The van der Waals surface area contributed by atoms with E-state index in [0.717, 1.165) is 51.3 Å². The quantitative estimate of drug-likeness (QED) is 0.534.